The molecular formula is C15H25NOS. The summed E-state index contributed by atoms with van der Waals surface area (Å²) in [6, 6.07) is 4.51. The van der Waals surface area contributed by atoms with Gasteiger partial charge in [-0.25, -0.2) is 0 Å². The number of aryl methyl sites for hydroxylation is 1. The lowest BCUT2D eigenvalue weighted by Crippen LogP contribution is -2.19. The van der Waals surface area contributed by atoms with E-state index in [0.717, 1.165) is 39.0 Å². The van der Waals surface area contributed by atoms with Crippen molar-refractivity contribution in [3.8, 4) is 0 Å². The van der Waals surface area contributed by atoms with Gasteiger partial charge >= 0.3 is 0 Å². The Kier molecular flexibility index (Phi) is 7.98. The lowest BCUT2D eigenvalue weighted by atomic mass is 10.1. The standard InChI is InChI=1S/C15H25NOS/c1-4-14-7-8-15(18-14)12-13(2)6-5-9-16-10-11-17-3/h6-8,16H,4-5,9-12H2,1-3H3. The fourth-order valence-corrected chi connectivity index (χ4v) is 2.83. The Hall–Kier alpha value is -0.640. The van der Waals surface area contributed by atoms with Gasteiger partial charge in [0.1, 0.15) is 0 Å². The highest BCUT2D eigenvalue weighted by atomic mass is 32.1. The van der Waals surface area contributed by atoms with Crippen LogP contribution >= 0.6 is 11.3 Å². The summed E-state index contributed by atoms with van der Waals surface area (Å²) in [5.41, 5.74) is 1.47. The molecule has 1 heterocycles. The second-order valence-electron chi connectivity index (χ2n) is 4.48. The van der Waals surface area contributed by atoms with Gasteiger partial charge in [-0.05, 0) is 38.4 Å². The second-order valence-corrected chi connectivity index (χ2v) is 5.73. The molecule has 0 fully saturated rings. The van der Waals surface area contributed by atoms with Crippen molar-refractivity contribution in [3.05, 3.63) is 33.5 Å². The van der Waals surface area contributed by atoms with Gasteiger partial charge < -0.3 is 10.1 Å². The Morgan fingerprint density at radius 3 is 2.78 bits per heavy atom. The monoisotopic (exact) mass is 267 g/mol. The van der Waals surface area contributed by atoms with E-state index in [-0.39, 0.29) is 0 Å². The van der Waals surface area contributed by atoms with Crippen LogP contribution in [0.15, 0.2) is 23.8 Å². The molecule has 0 bridgehead atoms. The molecule has 0 atom stereocenters. The number of methoxy groups -OCH3 is 1. The Balaban J connectivity index is 2.20. The molecule has 1 aromatic heterocycles. The van der Waals surface area contributed by atoms with Gasteiger partial charge in [0, 0.05) is 29.8 Å². The summed E-state index contributed by atoms with van der Waals surface area (Å²) in [5, 5.41) is 3.35. The molecule has 0 unspecified atom stereocenters. The summed E-state index contributed by atoms with van der Waals surface area (Å²) in [5.74, 6) is 0. The van der Waals surface area contributed by atoms with Crippen LogP contribution in [0.3, 0.4) is 0 Å². The van der Waals surface area contributed by atoms with Crippen molar-refractivity contribution in [1.29, 1.82) is 0 Å². The predicted molar refractivity (Wildman–Crippen MR) is 80.5 cm³/mol. The minimum absolute atomic E-state index is 0.789. The third-order valence-corrected chi connectivity index (χ3v) is 4.05. The smallest absolute Gasteiger partial charge is 0.0587 e. The summed E-state index contributed by atoms with van der Waals surface area (Å²) >= 11 is 1.94. The summed E-state index contributed by atoms with van der Waals surface area (Å²) in [6.07, 6.45) is 5.69. The van der Waals surface area contributed by atoms with Crippen LogP contribution in [0.2, 0.25) is 0 Å². The van der Waals surface area contributed by atoms with E-state index in [1.165, 1.54) is 15.3 Å². The molecule has 0 aliphatic heterocycles. The molecule has 0 spiro atoms. The van der Waals surface area contributed by atoms with E-state index >= 15 is 0 Å². The van der Waals surface area contributed by atoms with Gasteiger partial charge in [0.25, 0.3) is 0 Å². The van der Waals surface area contributed by atoms with E-state index in [0.29, 0.717) is 0 Å². The molecular weight excluding hydrogens is 242 g/mol. The van der Waals surface area contributed by atoms with Crippen LogP contribution in [-0.2, 0) is 17.6 Å². The average Bonchev–Trinajstić information content (AvgIpc) is 2.81. The summed E-state index contributed by atoms with van der Waals surface area (Å²) < 4.78 is 4.98. The number of thiophene rings is 1. The van der Waals surface area contributed by atoms with Crippen LogP contribution in [0.25, 0.3) is 0 Å². The van der Waals surface area contributed by atoms with Gasteiger partial charge in [0.15, 0.2) is 0 Å². The van der Waals surface area contributed by atoms with E-state index in [9.17, 15) is 0 Å². The molecule has 0 aliphatic rings. The molecule has 1 rings (SSSR count). The van der Waals surface area contributed by atoms with Crippen LogP contribution in [0.5, 0.6) is 0 Å². The number of nitrogens with one attached hydrogen (secondary N) is 1. The molecule has 3 heteroatoms. The first-order valence-electron chi connectivity index (χ1n) is 6.69. The molecule has 0 radical (unpaired) electrons. The fourth-order valence-electron chi connectivity index (χ4n) is 1.77. The molecule has 0 saturated heterocycles. The van der Waals surface area contributed by atoms with E-state index in [2.05, 4.69) is 37.4 Å². The maximum Gasteiger partial charge on any atom is 0.0587 e. The zero-order valence-electron chi connectivity index (χ0n) is 11.8. The first-order valence-corrected chi connectivity index (χ1v) is 7.50. The molecule has 1 aromatic rings. The van der Waals surface area contributed by atoms with Crippen molar-refractivity contribution >= 4 is 11.3 Å². The molecule has 18 heavy (non-hydrogen) atoms. The summed E-state index contributed by atoms with van der Waals surface area (Å²) in [6.45, 7) is 7.20. The Morgan fingerprint density at radius 1 is 1.33 bits per heavy atom. The zero-order valence-corrected chi connectivity index (χ0v) is 12.6. The number of hydrogen-bond donors (Lipinski definition) is 1. The van der Waals surface area contributed by atoms with Gasteiger partial charge in [-0.15, -0.1) is 11.3 Å². The number of ether oxygens (including phenoxy) is 1. The minimum Gasteiger partial charge on any atom is -0.383 e. The Labute approximate surface area is 115 Å². The molecule has 0 aliphatic carbocycles. The summed E-state index contributed by atoms with van der Waals surface area (Å²) in [7, 11) is 1.73. The molecule has 1 N–H and O–H groups in total. The van der Waals surface area contributed by atoms with E-state index < -0.39 is 0 Å². The SMILES string of the molecule is CCc1ccc(CC(C)=CCCNCCOC)s1. The zero-order chi connectivity index (χ0) is 13.2. The van der Waals surface area contributed by atoms with Crippen LogP contribution in [-0.4, -0.2) is 26.8 Å². The predicted octanol–water partition coefficient (Wildman–Crippen LogP) is 3.43. The van der Waals surface area contributed by atoms with Gasteiger partial charge in [0.05, 0.1) is 6.61 Å². The highest BCUT2D eigenvalue weighted by Gasteiger charge is 1.99. The van der Waals surface area contributed by atoms with Crippen molar-refractivity contribution in [1.82, 2.24) is 5.32 Å². The van der Waals surface area contributed by atoms with Crippen molar-refractivity contribution in [3.63, 3.8) is 0 Å². The van der Waals surface area contributed by atoms with Gasteiger partial charge in [0.2, 0.25) is 0 Å². The third-order valence-electron chi connectivity index (χ3n) is 2.82. The quantitative estimate of drug-likeness (QED) is 0.547. The van der Waals surface area contributed by atoms with E-state index in [4.69, 9.17) is 4.74 Å². The lowest BCUT2D eigenvalue weighted by Gasteiger charge is -2.02. The average molecular weight is 267 g/mol. The van der Waals surface area contributed by atoms with Crippen molar-refractivity contribution in [2.45, 2.75) is 33.1 Å². The number of hydrogen-bond acceptors (Lipinski definition) is 3. The van der Waals surface area contributed by atoms with Crippen molar-refractivity contribution in [2.75, 3.05) is 26.8 Å². The number of allylic oxidation sites excluding steroid dienone is 1. The molecule has 2 nitrogen and oxygen atoms in total. The third kappa shape index (κ3) is 6.34. The Bertz CT molecular complexity index is 357. The van der Waals surface area contributed by atoms with Gasteiger partial charge in [-0.2, -0.15) is 0 Å². The highest BCUT2D eigenvalue weighted by Crippen LogP contribution is 2.19. The first-order chi connectivity index (χ1) is 8.76. The van der Waals surface area contributed by atoms with E-state index in [1.54, 1.807) is 7.11 Å². The van der Waals surface area contributed by atoms with Crippen LogP contribution in [0, 0.1) is 0 Å². The van der Waals surface area contributed by atoms with Crippen molar-refractivity contribution in [2.24, 2.45) is 0 Å². The molecule has 0 saturated carbocycles. The van der Waals surface area contributed by atoms with Crippen LogP contribution in [0.4, 0.5) is 0 Å². The Morgan fingerprint density at radius 2 is 2.11 bits per heavy atom. The second kappa shape index (κ2) is 9.31. The largest absolute Gasteiger partial charge is 0.383 e. The van der Waals surface area contributed by atoms with Crippen LogP contribution < -0.4 is 5.32 Å². The molecule has 0 aromatic carbocycles. The molecule has 0 amide bonds. The maximum atomic E-state index is 4.98. The summed E-state index contributed by atoms with van der Waals surface area (Å²) in [4.78, 5) is 2.96. The van der Waals surface area contributed by atoms with Gasteiger partial charge in [-0.3, -0.25) is 0 Å². The highest BCUT2D eigenvalue weighted by molar-refractivity contribution is 7.12. The maximum absolute atomic E-state index is 4.98. The number of rotatable bonds is 9. The minimum atomic E-state index is 0.789. The lowest BCUT2D eigenvalue weighted by molar-refractivity contribution is 0.199. The fraction of sp³-hybridized carbons (Fsp3) is 0.600. The molecule has 102 valence electrons. The van der Waals surface area contributed by atoms with Crippen molar-refractivity contribution < 1.29 is 4.74 Å². The normalized spacial score (nSPS) is 12.1. The van der Waals surface area contributed by atoms with E-state index in [1.807, 2.05) is 11.3 Å². The van der Waals surface area contributed by atoms with Crippen LogP contribution in [0.1, 0.15) is 30.0 Å². The topological polar surface area (TPSA) is 21.3 Å². The van der Waals surface area contributed by atoms with Gasteiger partial charge in [-0.1, -0.05) is 18.6 Å². The first kappa shape index (κ1) is 15.4.